The summed E-state index contributed by atoms with van der Waals surface area (Å²) in [6.45, 7) is 6.03. The number of nitrogens with one attached hydrogen (secondary N) is 1. The summed E-state index contributed by atoms with van der Waals surface area (Å²) in [5, 5.41) is 3.06. The first-order chi connectivity index (χ1) is 7.28. The average Bonchev–Trinajstić information content (AvgIpc) is 2.11. The lowest BCUT2D eigenvalue weighted by molar-refractivity contribution is -0.0813. The summed E-state index contributed by atoms with van der Waals surface area (Å²) in [5.74, 6) is 1.24. The van der Waals surface area contributed by atoms with Crippen LogP contribution >= 0.6 is 0 Å². The Kier molecular flexibility index (Phi) is 3.01. The smallest absolute Gasteiger partial charge is 0.226 e. The number of hydrogen-bond donors (Lipinski definition) is 1. The van der Waals surface area contributed by atoms with Crippen molar-refractivity contribution >= 4 is 5.95 Å². The number of rotatable bonds is 4. The van der Waals surface area contributed by atoms with E-state index in [9.17, 15) is 0 Å². The third-order valence-electron chi connectivity index (χ3n) is 2.06. The van der Waals surface area contributed by atoms with Gasteiger partial charge in [0, 0.05) is 18.3 Å². The first-order valence-corrected chi connectivity index (χ1v) is 5.12. The van der Waals surface area contributed by atoms with Gasteiger partial charge in [-0.2, -0.15) is 4.98 Å². The van der Waals surface area contributed by atoms with Gasteiger partial charge >= 0.3 is 0 Å². The maximum atomic E-state index is 5.60. The summed E-state index contributed by atoms with van der Waals surface area (Å²) in [6, 6.07) is 1.83. The van der Waals surface area contributed by atoms with Crippen molar-refractivity contribution in [2.45, 2.75) is 20.0 Å². The molecule has 2 rings (SSSR count). The van der Waals surface area contributed by atoms with Crippen molar-refractivity contribution in [2.24, 2.45) is 0 Å². The topological polar surface area (TPSA) is 56.3 Å². The molecule has 1 N–H and O–H groups in total. The van der Waals surface area contributed by atoms with E-state index in [1.807, 2.05) is 19.9 Å². The first kappa shape index (κ1) is 10.2. The third kappa shape index (κ3) is 2.56. The number of hydrogen-bond acceptors (Lipinski definition) is 5. The molecule has 1 aromatic rings. The molecule has 1 aliphatic heterocycles. The average molecular weight is 209 g/mol. The Morgan fingerprint density at radius 3 is 2.93 bits per heavy atom. The fraction of sp³-hybridized carbons (Fsp3) is 0.600. The molecule has 5 heteroatoms. The van der Waals surface area contributed by atoms with E-state index in [1.165, 1.54) is 0 Å². The van der Waals surface area contributed by atoms with E-state index in [4.69, 9.17) is 9.47 Å². The summed E-state index contributed by atoms with van der Waals surface area (Å²) < 4.78 is 10.6. The Labute approximate surface area is 88.8 Å². The molecule has 0 spiro atoms. The second kappa shape index (κ2) is 4.44. The van der Waals surface area contributed by atoms with Crippen LogP contribution in [0.3, 0.4) is 0 Å². The SMILES string of the molecule is CCNc1nc(C)cc(OC2COC2)n1. The van der Waals surface area contributed by atoms with Crippen LogP contribution in [0.5, 0.6) is 5.88 Å². The van der Waals surface area contributed by atoms with Gasteiger partial charge in [0.15, 0.2) is 0 Å². The molecule has 0 bridgehead atoms. The van der Waals surface area contributed by atoms with E-state index in [2.05, 4.69) is 15.3 Å². The van der Waals surface area contributed by atoms with E-state index < -0.39 is 0 Å². The standard InChI is InChI=1S/C10H15N3O2/c1-3-11-10-12-7(2)4-9(13-10)15-8-5-14-6-8/h4,8H,3,5-6H2,1-2H3,(H,11,12,13). The Balaban J connectivity index is 2.07. The van der Waals surface area contributed by atoms with Gasteiger partial charge < -0.3 is 14.8 Å². The van der Waals surface area contributed by atoms with Crippen LogP contribution in [0.2, 0.25) is 0 Å². The van der Waals surface area contributed by atoms with Crippen molar-refractivity contribution in [3.8, 4) is 5.88 Å². The minimum atomic E-state index is 0.147. The van der Waals surface area contributed by atoms with Crippen LogP contribution in [0.1, 0.15) is 12.6 Å². The highest BCUT2D eigenvalue weighted by Crippen LogP contribution is 2.16. The molecule has 15 heavy (non-hydrogen) atoms. The van der Waals surface area contributed by atoms with Crippen molar-refractivity contribution in [1.82, 2.24) is 9.97 Å². The van der Waals surface area contributed by atoms with Gasteiger partial charge in [0.2, 0.25) is 11.8 Å². The predicted molar refractivity (Wildman–Crippen MR) is 56.2 cm³/mol. The molecular weight excluding hydrogens is 194 g/mol. The van der Waals surface area contributed by atoms with E-state index >= 15 is 0 Å². The van der Waals surface area contributed by atoms with Gasteiger partial charge in [-0.25, -0.2) is 4.98 Å². The molecule has 1 aromatic heterocycles. The second-order valence-electron chi connectivity index (χ2n) is 3.48. The largest absolute Gasteiger partial charge is 0.469 e. The molecule has 0 amide bonds. The van der Waals surface area contributed by atoms with E-state index in [0.717, 1.165) is 12.2 Å². The molecule has 0 unspecified atom stereocenters. The number of ether oxygens (including phenoxy) is 2. The van der Waals surface area contributed by atoms with Crippen LogP contribution in [-0.2, 0) is 4.74 Å². The lowest BCUT2D eigenvalue weighted by Gasteiger charge is -2.26. The van der Waals surface area contributed by atoms with Crippen LogP contribution in [0.15, 0.2) is 6.07 Å². The summed E-state index contributed by atoms with van der Waals surface area (Å²) in [6.07, 6.45) is 0.147. The maximum Gasteiger partial charge on any atom is 0.226 e. The lowest BCUT2D eigenvalue weighted by atomic mass is 10.3. The van der Waals surface area contributed by atoms with E-state index in [0.29, 0.717) is 25.0 Å². The Morgan fingerprint density at radius 2 is 2.33 bits per heavy atom. The molecule has 5 nitrogen and oxygen atoms in total. The van der Waals surface area contributed by atoms with E-state index in [1.54, 1.807) is 0 Å². The summed E-state index contributed by atoms with van der Waals surface area (Å²) >= 11 is 0. The molecule has 0 saturated carbocycles. The van der Waals surface area contributed by atoms with Crippen molar-refractivity contribution in [1.29, 1.82) is 0 Å². The number of aromatic nitrogens is 2. The molecule has 1 fully saturated rings. The van der Waals surface area contributed by atoms with Crippen LogP contribution in [0.4, 0.5) is 5.95 Å². The second-order valence-corrected chi connectivity index (χ2v) is 3.48. The van der Waals surface area contributed by atoms with Crippen molar-refractivity contribution in [2.75, 3.05) is 25.1 Å². The summed E-state index contributed by atoms with van der Waals surface area (Å²) in [4.78, 5) is 8.49. The van der Waals surface area contributed by atoms with Gasteiger partial charge in [0.25, 0.3) is 0 Å². The zero-order chi connectivity index (χ0) is 10.7. The van der Waals surface area contributed by atoms with Gasteiger partial charge in [-0.3, -0.25) is 0 Å². The van der Waals surface area contributed by atoms with Gasteiger partial charge in [-0.15, -0.1) is 0 Å². The van der Waals surface area contributed by atoms with Crippen molar-refractivity contribution < 1.29 is 9.47 Å². The Morgan fingerprint density at radius 1 is 1.53 bits per heavy atom. The van der Waals surface area contributed by atoms with Gasteiger partial charge in [-0.05, 0) is 13.8 Å². The fourth-order valence-corrected chi connectivity index (χ4v) is 1.29. The quantitative estimate of drug-likeness (QED) is 0.801. The third-order valence-corrected chi connectivity index (χ3v) is 2.06. The van der Waals surface area contributed by atoms with Crippen LogP contribution < -0.4 is 10.1 Å². The van der Waals surface area contributed by atoms with Crippen LogP contribution in [0.25, 0.3) is 0 Å². The summed E-state index contributed by atoms with van der Waals surface area (Å²) in [7, 11) is 0. The number of nitrogens with zero attached hydrogens (tertiary/aromatic N) is 2. The van der Waals surface area contributed by atoms with Crippen molar-refractivity contribution in [3.63, 3.8) is 0 Å². The summed E-state index contributed by atoms with van der Waals surface area (Å²) in [5.41, 5.74) is 0.899. The molecule has 2 heterocycles. The molecule has 0 aliphatic carbocycles. The van der Waals surface area contributed by atoms with E-state index in [-0.39, 0.29) is 6.10 Å². The molecule has 82 valence electrons. The minimum absolute atomic E-state index is 0.147. The Hall–Kier alpha value is -1.36. The molecular formula is C10H15N3O2. The van der Waals surface area contributed by atoms with Gasteiger partial charge in [0.05, 0.1) is 13.2 Å². The van der Waals surface area contributed by atoms with Crippen LogP contribution in [-0.4, -0.2) is 35.8 Å². The monoisotopic (exact) mass is 209 g/mol. The molecule has 0 atom stereocenters. The molecule has 1 aliphatic rings. The minimum Gasteiger partial charge on any atom is -0.469 e. The number of aryl methyl sites for hydroxylation is 1. The zero-order valence-electron chi connectivity index (χ0n) is 8.99. The highest BCUT2D eigenvalue weighted by atomic mass is 16.6. The van der Waals surface area contributed by atoms with Gasteiger partial charge in [0.1, 0.15) is 6.10 Å². The molecule has 0 aromatic carbocycles. The predicted octanol–water partition coefficient (Wildman–Crippen LogP) is 0.994. The Bertz CT molecular complexity index is 339. The zero-order valence-corrected chi connectivity index (χ0v) is 8.99. The molecule has 0 radical (unpaired) electrons. The fourth-order valence-electron chi connectivity index (χ4n) is 1.29. The first-order valence-electron chi connectivity index (χ1n) is 5.12. The van der Waals surface area contributed by atoms with Crippen LogP contribution in [0, 0.1) is 6.92 Å². The maximum absolute atomic E-state index is 5.60. The lowest BCUT2D eigenvalue weighted by Crippen LogP contribution is -2.38. The van der Waals surface area contributed by atoms with Gasteiger partial charge in [-0.1, -0.05) is 0 Å². The highest BCUT2D eigenvalue weighted by Gasteiger charge is 2.20. The van der Waals surface area contributed by atoms with Crippen molar-refractivity contribution in [3.05, 3.63) is 11.8 Å². The number of anilines is 1. The highest BCUT2D eigenvalue weighted by molar-refractivity contribution is 5.30. The normalized spacial score (nSPS) is 15.9. The molecule has 1 saturated heterocycles.